The van der Waals surface area contributed by atoms with Crippen LogP contribution < -0.4 is 5.32 Å². The molecule has 1 aromatic heterocycles. The van der Waals surface area contributed by atoms with Crippen LogP contribution >= 0.6 is 22.6 Å². The third kappa shape index (κ3) is 4.78. The molecular formula is C29H24FIN4O2. The van der Waals surface area contributed by atoms with Crippen molar-refractivity contribution in [3.63, 3.8) is 0 Å². The average Bonchev–Trinajstić information content (AvgIpc) is 3.59. The van der Waals surface area contributed by atoms with Gasteiger partial charge in [0.2, 0.25) is 0 Å². The van der Waals surface area contributed by atoms with Crippen molar-refractivity contribution in [1.29, 1.82) is 0 Å². The second-order valence-electron chi connectivity index (χ2n) is 9.26. The second-order valence-corrected chi connectivity index (χ2v) is 10.5. The molecule has 0 spiro atoms. The molecule has 1 amide bonds. The fourth-order valence-electron chi connectivity index (χ4n) is 4.86. The molecule has 0 aliphatic carbocycles. The van der Waals surface area contributed by atoms with Crippen molar-refractivity contribution in [3.8, 4) is 16.9 Å². The zero-order valence-corrected chi connectivity index (χ0v) is 22.1. The molecule has 0 bridgehead atoms. The number of anilines is 1. The number of allylic oxidation sites excluding steroid dienone is 1. The van der Waals surface area contributed by atoms with E-state index in [0.29, 0.717) is 18.7 Å². The number of hydrogen-bond donors (Lipinski definition) is 1. The molecule has 1 fully saturated rings. The maximum Gasteiger partial charge on any atom is 0.250 e. The number of benzene rings is 3. The number of rotatable bonds is 6. The van der Waals surface area contributed by atoms with Crippen LogP contribution in [0.1, 0.15) is 22.9 Å². The summed E-state index contributed by atoms with van der Waals surface area (Å²) in [6.45, 7) is 4.54. The van der Waals surface area contributed by atoms with Gasteiger partial charge in [0.15, 0.2) is 6.23 Å². The summed E-state index contributed by atoms with van der Waals surface area (Å²) in [6.07, 6.45) is 2.84. The number of nitrogens with zero attached hydrogens (tertiary/aromatic N) is 3. The van der Waals surface area contributed by atoms with E-state index in [4.69, 9.17) is 9.84 Å². The molecule has 0 radical (unpaired) electrons. The summed E-state index contributed by atoms with van der Waals surface area (Å²) in [5.41, 5.74) is 7.54. The highest BCUT2D eigenvalue weighted by atomic mass is 127. The lowest BCUT2D eigenvalue weighted by atomic mass is 10.0. The molecule has 1 N–H and O–H groups in total. The van der Waals surface area contributed by atoms with Gasteiger partial charge in [0.25, 0.3) is 5.91 Å². The number of hydrogen-bond acceptors (Lipinski definition) is 4. The minimum atomic E-state index is -0.582. The molecule has 8 heteroatoms. The molecule has 37 heavy (non-hydrogen) atoms. The standard InChI is InChI=1S/C29H24FIN4O2/c1-18-14-21-15-19(2-11-26(21)32-18)12-13-34-27(36)17-37-29(34)25-16-35(24-9-7-23(31)8-10-24)33-28(25)20-3-5-22(30)6-4-20/h2-11,15-16,29,32H,1,12-14,17H2. The second kappa shape index (κ2) is 9.75. The summed E-state index contributed by atoms with van der Waals surface area (Å²) >= 11 is 2.26. The van der Waals surface area contributed by atoms with E-state index in [1.54, 1.807) is 21.7 Å². The van der Waals surface area contributed by atoms with Gasteiger partial charge in [-0.3, -0.25) is 4.79 Å². The zero-order valence-electron chi connectivity index (χ0n) is 20.0. The summed E-state index contributed by atoms with van der Waals surface area (Å²) in [5, 5.41) is 8.13. The number of halogens is 2. The molecule has 2 aliphatic rings. The average molecular weight is 606 g/mol. The molecule has 1 saturated heterocycles. The highest BCUT2D eigenvalue weighted by Crippen LogP contribution is 2.36. The Hall–Kier alpha value is -3.50. The predicted octanol–water partition coefficient (Wildman–Crippen LogP) is 5.86. The molecule has 0 saturated carbocycles. The van der Waals surface area contributed by atoms with Crippen LogP contribution in [-0.4, -0.2) is 33.7 Å². The molecule has 6 nitrogen and oxygen atoms in total. The molecule has 3 aromatic carbocycles. The number of ether oxygens (including phenoxy) is 1. The van der Waals surface area contributed by atoms with Crippen LogP contribution in [0.25, 0.3) is 16.9 Å². The fourth-order valence-corrected chi connectivity index (χ4v) is 5.22. The normalized spacial score (nSPS) is 16.8. The van der Waals surface area contributed by atoms with Crippen molar-refractivity contribution in [2.75, 3.05) is 18.5 Å². The molecule has 4 aromatic rings. The SMILES string of the molecule is C=C1Cc2cc(CCN3C(=O)COC3c3cn(-c4ccc(I)cc4)nc3-c3ccc(F)cc3)ccc2N1. The van der Waals surface area contributed by atoms with Crippen LogP contribution in [0.5, 0.6) is 0 Å². The minimum Gasteiger partial charge on any atom is -0.359 e. The number of aromatic nitrogens is 2. The Balaban J connectivity index is 1.32. The van der Waals surface area contributed by atoms with Crippen molar-refractivity contribution in [3.05, 3.63) is 111 Å². The minimum absolute atomic E-state index is 0.0101. The van der Waals surface area contributed by atoms with E-state index in [9.17, 15) is 9.18 Å². The summed E-state index contributed by atoms with van der Waals surface area (Å²) in [4.78, 5) is 14.7. The topological polar surface area (TPSA) is 59.4 Å². The van der Waals surface area contributed by atoms with Gasteiger partial charge in [-0.05, 0) is 94.7 Å². The monoisotopic (exact) mass is 606 g/mol. The van der Waals surface area contributed by atoms with Gasteiger partial charge >= 0.3 is 0 Å². The number of nitrogens with one attached hydrogen (secondary N) is 1. The number of fused-ring (bicyclic) bond motifs is 1. The maximum atomic E-state index is 13.7. The van der Waals surface area contributed by atoms with Crippen molar-refractivity contribution >= 4 is 34.2 Å². The molecular weight excluding hydrogens is 582 g/mol. The summed E-state index contributed by atoms with van der Waals surface area (Å²) in [7, 11) is 0. The number of carbonyl (C=O) groups is 1. The first-order valence-electron chi connectivity index (χ1n) is 12.0. The fraction of sp³-hybridized carbons (Fsp3) is 0.172. The van der Waals surface area contributed by atoms with Crippen molar-refractivity contribution in [1.82, 2.24) is 14.7 Å². The van der Waals surface area contributed by atoms with Crippen LogP contribution in [0, 0.1) is 9.39 Å². The van der Waals surface area contributed by atoms with Gasteiger partial charge in [0.1, 0.15) is 18.1 Å². The van der Waals surface area contributed by atoms with Crippen LogP contribution in [0.4, 0.5) is 10.1 Å². The third-order valence-electron chi connectivity index (χ3n) is 6.71. The van der Waals surface area contributed by atoms with Crippen molar-refractivity contribution in [2.24, 2.45) is 0 Å². The Morgan fingerprint density at radius 1 is 1.11 bits per heavy atom. The highest BCUT2D eigenvalue weighted by Gasteiger charge is 2.36. The van der Waals surface area contributed by atoms with E-state index >= 15 is 0 Å². The Bertz CT molecular complexity index is 1500. The van der Waals surface area contributed by atoms with Gasteiger partial charge in [0, 0.05) is 45.2 Å². The lowest BCUT2D eigenvalue weighted by molar-refractivity contribution is -0.128. The number of carbonyl (C=O) groups excluding carboxylic acids is 1. The maximum absolute atomic E-state index is 13.7. The lowest BCUT2D eigenvalue weighted by Gasteiger charge is -2.23. The Labute approximate surface area is 227 Å². The first-order valence-corrected chi connectivity index (χ1v) is 13.1. The first kappa shape index (κ1) is 23.9. The van der Waals surface area contributed by atoms with E-state index in [-0.39, 0.29) is 18.3 Å². The largest absolute Gasteiger partial charge is 0.359 e. The van der Waals surface area contributed by atoms with E-state index in [1.807, 2.05) is 30.5 Å². The smallest absolute Gasteiger partial charge is 0.250 e. The van der Waals surface area contributed by atoms with E-state index in [1.165, 1.54) is 17.7 Å². The van der Waals surface area contributed by atoms with Gasteiger partial charge in [-0.2, -0.15) is 5.10 Å². The van der Waals surface area contributed by atoms with E-state index in [0.717, 1.165) is 43.8 Å². The highest BCUT2D eigenvalue weighted by molar-refractivity contribution is 14.1. The van der Waals surface area contributed by atoms with Gasteiger partial charge < -0.3 is 15.0 Å². The van der Waals surface area contributed by atoms with Gasteiger partial charge in [-0.1, -0.05) is 18.7 Å². The molecule has 3 heterocycles. The predicted molar refractivity (Wildman–Crippen MR) is 149 cm³/mol. The summed E-state index contributed by atoms with van der Waals surface area (Å²) < 4.78 is 22.6. The van der Waals surface area contributed by atoms with Crippen LogP contribution in [0.15, 0.2) is 85.2 Å². The molecule has 6 rings (SSSR count). The summed E-state index contributed by atoms with van der Waals surface area (Å²) in [6, 6.07) is 20.6. The van der Waals surface area contributed by atoms with E-state index in [2.05, 4.69) is 52.7 Å². The van der Waals surface area contributed by atoms with Gasteiger partial charge in [0.05, 0.1) is 5.69 Å². The van der Waals surface area contributed by atoms with Gasteiger partial charge in [-0.15, -0.1) is 0 Å². The van der Waals surface area contributed by atoms with Crippen LogP contribution in [-0.2, 0) is 22.4 Å². The third-order valence-corrected chi connectivity index (χ3v) is 7.43. The van der Waals surface area contributed by atoms with E-state index < -0.39 is 6.23 Å². The first-order chi connectivity index (χ1) is 17.9. The van der Waals surface area contributed by atoms with Crippen molar-refractivity contribution in [2.45, 2.75) is 19.1 Å². The Morgan fingerprint density at radius 2 is 1.89 bits per heavy atom. The zero-order chi connectivity index (χ0) is 25.5. The van der Waals surface area contributed by atoms with Crippen molar-refractivity contribution < 1.29 is 13.9 Å². The quantitative estimate of drug-likeness (QED) is 0.280. The molecule has 2 aliphatic heterocycles. The summed E-state index contributed by atoms with van der Waals surface area (Å²) in [5.74, 6) is -0.377. The van der Waals surface area contributed by atoms with Crippen LogP contribution in [0.2, 0.25) is 0 Å². The molecule has 1 unspecified atom stereocenters. The molecule has 1 atom stereocenters. The lowest BCUT2D eigenvalue weighted by Crippen LogP contribution is -2.30. The molecule has 186 valence electrons. The van der Waals surface area contributed by atoms with Gasteiger partial charge in [-0.25, -0.2) is 9.07 Å². The Morgan fingerprint density at radius 3 is 2.68 bits per heavy atom. The number of amides is 1. The Kier molecular flexibility index (Phi) is 6.29. The van der Waals surface area contributed by atoms with Crippen LogP contribution in [0.3, 0.4) is 0 Å².